The molecule has 84 valence electrons. The van der Waals surface area contributed by atoms with Crippen molar-refractivity contribution >= 4 is 0 Å². The molecule has 1 fully saturated rings. The molecule has 3 nitrogen and oxygen atoms in total. The van der Waals surface area contributed by atoms with E-state index in [0.29, 0.717) is 19.1 Å². The van der Waals surface area contributed by atoms with Gasteiger partial charge in [0.05, 0.1) is 13.2 Å². The van der Waals surface area contributed by atoms with Gasteiger partial charge in [-0.05, 0) is 31.6 Å². The Morgan fingerprint density at radius 2 is 1.50 bits per heavy atom. The van der Waals surface area contributed by atoms with Crippen LogP contribution in [0, 0.1) is 5.92 Å². The average Bonchev–Trinajstić information content (AvgIpc) is 2.19. The summed E-state index contributed by atoms with van der Waals surface area (Å²) in [6.45, 7) is 4.12. The summed E-state index contributed by atoms with van der Waals surface area (Å²) in [5.74, 6) is 0.858. The molecule has 2 N–H and O–H groups in total. The fourth-order valence-corrected chi connectivity index (χ4v) is 2.34. The van der Waals surface area contributed by atoms with E-state index in [0.717, 1.165) is 5.92 Å². The number of aliphatic hydroxyl groups is 2. The van der Waals surface area contributed by atoms with E-state index in [4.69, 9.17) is 10.2 Å². The van der Waals surface area contributed by atoms with Gasteiger partial charge in [0.2, 0.25) is 0 Å². The highest BCUT2D eigenvalue weighted by molar-refractivity contribution is 4.78. The fraction of sp³-hybridized carbons (Fsp3) is 1.00. The van der Waals surface area contributed by atoms with Crippen LogP contribution in [0.25, 0.3) is 0 Å². The van der Waals surface area contributed by atoms with Crippen molar-refractivity contribution in [2.75, 3.05) is 26.3 Å². The molecule has 0 aromatic rings. The molecule has 14 heavy (non-hydrogen) atoms. The molecule has 1 aliphatic rings. The lowest BCUT2D eigenvalue weighted by Gasteiger charge is -2.35. The molecule has 0 radical (unpaired) electrons. The Morgan fingerprint density at radius 3 is 1.93 bits per heavy atom. The molecule has 0 aromatic heterocycles. The Balaban J connectivity index is 2.34. The Bertz CT molecular complexity index is 138. The first-order valence-electron chi connectivity index (χ1n) is 5.73. The molecule has 1 aliphatic carbocycles. The predicted octanol–water partition coefficient (Wildman–Crippen LogP) is 0.852. The quantitative estimate of drug-likeness (QED) is 0.693. The number of hydrogen-bond acceptors (Lipinski definition) is 3. The standard InChI is InChI=1S/C11H23NO2/c1-10-2-4-11(5-3-10)12(6-8-13)7-9-14/h10-11,13-14H,2-9H2,1H3. The van der Waals surface area contributed by atoms with Gasteiger partial charge in [-0.1, -0.05) is 6.92 Å². The van der Waals surface area contributed by atoms with Crippen molar-refractivity contribution < 1.29 is 10.2 Å². The van der Waals surface area contributed by atoms with Crippen molar-refractivity contribution in [1.82, 2.24) is 4.90 Å². The van der Waals surface area contributed by atoms with E-state index in [1.54, 1.807) is 0 Å². The number of rotatable bonds is 5. The van der Waals surface area contributed by atoms with Gasteiger partial charge in [0, 0.05) is 19.1 Å². The lowest BCUT2D eigenvalue weighted by atomic mass is 9.86. The summed E-state index contributed by atoms with van der Waals surface area (Å²) in [5, 5.41) is 17.8. The molecule has 1 rings (SSSR count). The van der Waals surface area contributed by atoms with Crippen LogP contribution in [0.1, 0.15) is 32.6 Å². The predicted molar refractivity (Wildman–Crippen MR) is 57.2 cm³/mol. The zero-order valence-electron chi connectivity index (χ0n) is 9.15. The maximum atomic E-state index is 8.92. The molecule has 0 unspecified atom stereocenters. The molecule has 0 atom stereocenters. The van der Waals surface area contributed by atoms with Crippen LogP contribution in [0.2, 0.25) is 0 Å². The number of aliphatic hydroxyl groups excluding tert-OH is 2. The van der Waals surface area contributed by atoms with Gasteiger partial charge in [0.15, 0.2) is 0 Å². The van der Waals surface area contributed by atoms with E-state index >= 15 is 0 Å². The van der Waals surface area contributed by atoms with Crippen LogP contribution in [0.5, 0.6) is 0 Å². The first-order chi connectivity index (χ1) is 6.77. The molecule has 0 aromatic carbocycles. The van der Waals surface area contributed by atoms with Gasteiger partial charge in [-0.15, -0.1) is 0 Å². The average molecular weight is 201 g/mol. The third-order valence-corrected chi connectivity index (χ3v) is 3.28. The summed E-state index contributed by atoms with van der Waals surface area (Å²) in [6, 6.07) is 0.588. The van der Waals surface area contributed by atoms with Crippen LogP contribution < -0.4 is 0 Å². The van der Waals surface area contributed by atoms with E-state index in [9.17, 15) is 0 Å². The van der Waals surface area contributed by atoms with E-state index < -0.39 is 0 Å². The Kier molecular flexibility index (Phi) is 5.45. The first kappa shape index (κ1) is 12.0. The maximum absolute atomic E-state index is 8.92. The molecule has 0 bridgehead atoms. The van der Waals surface area contributed by atoms with Gasteiger partial charge >= 0.3 is 0 Å². The van der Waals surface area contributed by atoms with E-state index in [2.05, 4.69) is 11.8 Å². The minimum absolute atomic E-state index is 0.200. The molecule has 0 aliphatic heterocycles. The van der Waals surface area contributed by atoms with Crippen molar-refractivity contribution in [3.8, 4) is 0 Å². The largest absolute Gasteiger partial charge is 0.395 e. The Morgan fingerprint density at radius 1 is 1.00 bits per heavy atom. The summed E-state index contributed by atoms with van der Waals surface area (Å²) in [5.41, 5.74) is 0. The first-order valence-corrected chi connectivity index (χ1v) is 5.73. The van der Waals surface area contributed by atoms with E-state index in [-0.39, 0.29) is 13.2 Å². The molecular weight excluding hydrogens is 178 g/mol. The van der Waals surface area contributed by atoms with Crippen molar-refractivity contribution in [2.45, 2.75) is 38.6 Å². The second-order valence-corrected chi connectivity index (χ2v) is 4.40. The van der Waals surface area contributed by atoms with Gasteiger partial charge in [0.1, 0.15) is 0 Å². The topological polar surface area (TPSA) is 43.7 Å². The van der Waals surface area contributed by atoms with Gasteiger partial charge < -0.3 is 10.2 Å². The highest BCUT2D eigenvalue weighted by Gasteiger charge is 2.22. The van der Waals surface area contributed by atoms with Gasteiger partial charge in [0.25, 0.3) is 0 Å². The normalized spacial score (nSPS) is 28.3. The molecule has 3 heteroatoms. The summed E-state index contributed by atoms with van der Waals surface area (Å²) in [7, 11) is 0. The number of nitrogens with zero attached hydrogens (tertiary/aromatic N) is 1. The summed E-state index contributed by atoms with van der Waals surface area (Å²) in [4.78, 5) is 2.23. The van der Waals surface area contributed by atoms with E-state index in [1.165, 1.54) is 25.7 Å². The minimum atomic E-state index is 0.200. The van der Waals surface area contributed by atoms with Crippen LogP contribution in [0.15, 0.2) is 0 Å². The summed E-state index contributed by atoms with van der Waals surface area (Å²) in [6.07, 6.45) is 5.03. The minimum Gasteiger partial charge on any atom is -0.395 e. The monoisotopic (exact) mass is 201 g/mol. The zero-order valence-corrected chi connectivity index (χ0v) is 9.15. The molecule has 0 spiro atoms. The third-order valence-electron chi connectivity index (χ3n) is 3.28. The molecule has 0 heterocycles. The van der Waals surface area contributed by atoms with Crippen molar-refractivity contribution in [2.24, 2.45) is 5.92 Å². The van der Waals surface area contributed by atoms with Crippen LogP contribution in [-0.2, 0) is 0 Å². The van der Waals surface area contributed by atoms with Crippen LogP contribution >= 0.6 is 0 Å². The second kappa shape index (κ2) is 6.38. The van der Waals surface area contributed by atoms with Gasteiger partial charge in [-0.2, -0.15) is 0 Å². The summed E-state index contributed by atoms with van der Waals surface area (Å²) >= 11 is 0. The van der Waals surface area contributed by atoms with Crippen molar-refractivity contribution in [1.29, 1.82) is 0 Å². The molecular formula is C11H23NO2. The van der Waals surface area contributed by atoms with Crippen LogP contribution in [0.3, 0.4) is 0 Å². The lowest BCUT2D eigenvalue weighted by molar-refractivity contribution is 0.0927. The molecule has 1 saturated carbocycles. The maximum Gasteiger partial charge on any atom is 0.0558 e. The molecule has 0 saturated heterocycles. The summed E-state index contributed by atoms with van der Waals surface area (Å²) < 4.78 is 0. The fourth-order valence-electron chi connectivity index (χ4n) is 2.34. The SMILES string of the molecule is CC1CCC(N(CCO)CCO)CC1. The number of hydrogen-bond donors (Lipinski definition) is 2. The highest BCUT2D eigenvalue weighted by Crippen LogP contribution is 2.26. The third kappa shape index (κ3) is 3.56. The smallest absolute Gasteiger partial charge is 0.0558 e. The van der Waals surface area contributed by atoms with Crippen LogP contribution in [-0.4, -0.2) is 47.5 Å². The lowest BCUT2D eigenvalue weighted by Crippen LogP contribution is -2.41. The van der Waals surface area contributed by atoms with E-state index in [1.807, 2.05) is 0 Å². The highest BCUT2D eigenvalue weighted by atomic mass is 16.3. The van der Waals surface area contributed by atoms with Crippen molar-refractivity contribution in [3.63, 3.8) is 0 Å². The Labute approximate surface area is 86.7 Å². The Hall–Kier alpha value is -0.120. The second-order valence-electron chi connectivity index (χ2n) is 4.40. The van der Waals surface area contributed by atoms with Gasteiger partial charge in [-0.25, -0.2) is 0 Å². The zero-order chi connectivity index (χ0) is 10.4. The van der Waals surface area contributed by atoms with Gasteiger partial charge in [-0.3, -0.25) is 4.90 Å². The van der Waals surface area contributed by atoms with Crippen molar-refractivity contribution in [3.05, 3.63) is 0 Å². The molecule has 0 amide bonds. The van der Waals surface area contributed by atoms with Crippen LogP contribution in [0.4, 0.5) is 0 Å².